The fraction of sp³-hybridized carbons (Fsp3) is 0.231. The maximum Gasteiger partial charge on any atom is 0.251 e. The first-order valence-corrected chi connectivity index (χ1v) is 10.6. The maximum absolute atomic E-state index is 12.3. The lowest BCUT2D eigenvalue weighted by Gasteiger charge is -2.11. The normalized spacial score (nSPS) is 10.9. The van der Waals surface area contributed by atoms with E-state index in [4.69, 9.17) is 9.72 Å². The molecule has 158 valence electrons. The van der Waals surface area contributed by atoms with Gasteiger partial charge in [-0.15, -0.1) is 0 Å². The number of ether oxygens (including phenoxy) is 1. The number of aromatic nitrogens is 2. The van der Waals surface area contributed by atoms with Crippen molar-refractivity contribution >= 4 is 16.9 Å². The van der Waals surface area contributed by atoms with Crippen LogP contribution in [0.2, 0.25) is 0 Å². The minimum absolute atomic E-state index is 0.0354. The van der Waals surface area contributed by atoms with Crippen LogP contribution in [0.3, 0.4) is 0 Å². The van der Waals surface area contributed by atoms with Crippen molar-refractivity contribution in [2.24, 2.45) is 0 Å². The number of carbonyl (C=O) groups excluding carboxylic acids is 1. The highest BCUT2D eigenvalue weighted by molar-refractivity contribution is 5.94. The van der Waals surface area contributed by atoms with Gasteiger partial charge in [0.2, 0.25) is 0 Å². The van der Waals surface area contributed by atoms with Gasteiger partial charge in [-0.2, -0.15) is 0 Å². The van der Waals surface area contributed by atoms with E-state index in [0.717, 1.165) is 47.6 Å². The van der Waals surface area contributed by atoms with Gasteiger partial charge in [0, 0.05) is 25.1 Å². The SMILES string of the molecule is COc1ccc(Cn2c(CCCNC(=O)c3ccc(C)cc3)nc3ccccc32)cc1. The van der Waals surface area contributed by atoms with E-state index in [2.05, 4.69) is 28.1 Å². The van der Waals surface area contributed by atoms with Crippen molar-refractivity contribution in [3.05, 3.63) is 95.3 Å². The smallest absolute Gasteiger partial charge is 0.251 e. The summed E-state index contributed by atoms with van der Waals surface area (Å²) < 4.78 is 7.53. The first kappa shape index (κ1) is 20.7. The zero-order valence-electron chi connectivity index (χ0n) is 18.0. The molecule has 0 saturated heterocycles. The minimum Gasteiger partial charge on any atom is -0.497 e. The molecule has 4 rings (SSSR count). The standard InChI is InChI=1S/C26H27N3O2/c1-19-9-13-21(14-10-19)26(30)27-17-5-8-25-28-23-6-3-4-7-24(23)29(25)18-20-11-15-22(31-2)16-12-20/h3-4,6-7,9-16H,5,8,17-18H2,1-2H3,(H,27,30). The Labute approximate surface area is 182 Å². The van der Waals surface area contributed by atoms with Crippen LogP contribution in [0.15, 0.2) is 72.8 Å². The van der Waals surface area contributed by atoms with Crippen molar-refractivity contribution in [1.82, 2.24) is 14.9 Å². The Balaban J connectivity index is 1.43. The quantitative estimate of drug-likeness (QED) is 0.424. The number of aryl methyl sites for hydroxylation is 2. The van der Waals surface area contributed by atoms with Crippen LogP contribution in [0.4, 0.5) is 0 Å². The molecule has 0 bridgehead atoms. The largest absolute Gasteiger partial charge is 0.497 e. The number of amides is 1. The third kappa shape index (κ3) is 4.94. The molecule has 0 radical (unpaired) electrons. The molecule has 0 atom stereocenters. The summed E-state index contributed by atoms with van der Waals surface area (Å²) in [7, 11) is 1.67. The van der Waals surface area contributed by atoms with Gasteiger partial charge in [-0.3, -0.25) is 4.79 Å². The van der Waals surface area contributed by atoms with Crippen LogP contribution in [-0.2, 0) is 13.0 Å². The molecule has 31 heavy (non-hydrogen) atoms. The molecule has 0 aliphatic rings. The van der Waals surface area contributed by atoms with Crippen molar-refractivity contribution in [2.45, 2.75) is 26.3 Å². The van der Waals surface area contributed by atoms with E-state index in [9.17, 15) is 4.79 Å². The molecule has 0 aliphatic heterocycles. The first-order chi connectivity index (χ1) is 15.1. The van der Waals surface area contributed by atoms with E-state index in [1.54, 1.807) is 7.11 Å². The summed E-state index contributed by atoms with van der Waals surface area (Å²) in [5.41, 5.74) is 5.15. The Morgan fingerprint density at radius 1 is 1.00 bits per heavy atom. The number of rotatable bonds is 8. The van der Waals surface area contributed by atoms with Crippen molar-refractivity contribution in [3.63, 3.8) is 0 Å². The van der Waals surface area contributed by atoms with E-state index < -0.39 is 0 Å². The lowest BCUT2D eigenvalue weighted by molar-refractivity contribution is 0.0953. The predicted molar refractivity (Wildman–Crippen MR) is 124 cm³/mol. The number of methoxy groups -OCH3 is 1. The van der Waals surface area contributed by atoms with E-state index in [1.165, 1.54) is 5.56 Å². The number of para-hydroxylation sites is 2. The van der Waals surface area contributed by atoms with Crippen LogP contribution in [0.5, 0.6) is 5.75 Å². The number of nitrogens with one attached hydrogen (secondary N) is 1. The Morgan fingerprint density at radius 3 is 2.48 bits per heavy atom. The summed E-state index contributed by atoms with van der Waals surface area (Å²) in [5.74, 6) is 1.84. The van der Waals surface area contributed by atoms with Gasteiger partial charge in [-0.25, -0.2) is 4.98 Å². The highest BCUT2D eigenvalue weighted by atomic mass is 16.5. The average Bonchev–Trinajstić information content (AvgIpc) is 3.15. The van der Waals surface area contributed by atoms with Crippen molar-refractivity contribution < 1.29 is 9.53 Å². The minimum atomic E-state index is -0.0354. The predicted octanol–water partition coefficient (Wildman–Crippen LogP) is 4.76. The fourth-order valence-electron chi connectivity index (χ4n) is 3.66. The summed E-state index contributed by atoms with van der Waals surface area (Å²) in [6.45, 7) is 3.37. The number of fused-ring (bicyclic) bond motifs is 1. The number of carbonyl (C=O) groups is 1. The van der Waals surface area contributed by atoms with E-state index in [-0.39, 0.29) is 5.91 Å². The van der Waals surface area contributed by atoms with Gasteiger partial charge >= 0.3 is 0 Å². The summed E-state index contributed by atoms with van der Waals surface area (Å²) in [5, 5.41) is 3.01. The van der Waals surface area contributed by atoms with Crippen molar-refractivity contribution in [3.8, 4) is 5.75 Å². The van der Waals surface area contributed by atoms with Gasteiger partial charge in [-0.1, -0.05) is 42.0 Å². The second-order valence-corrected chi connectivity index (χ2v) is 7.68. The average molecular weight is 414 g/mol. The van der Waals surface area contributed by atoms with Gasteiger partial charge in [-0.05, 0) is 55.3 Å². The third-order valence-corrected chi connectivity index (χ3v) is 5.41. The van der Waals surface area contributed by atoms with Crippen LogP contribution in [0, 0.1) is 6.92 Å². The number of nitrogens with zero attached hydrogens (tertiary/aromatic N) is 2. The van der Waals surface area contributed by atoms with Crippen molar-refractivity contribution in [1.29, 1.82) is 0 Å². The van der Waals surface area contributed by atoms with Gasteiger partial charge in [0.25, 0.3) is 5.91 Å². The van der Waals surface area contributed by atoms with Gasteiger partial charge in [0.05, 0.1) is 18.1 Å². The molecule has 0 aliphatic carbocycles. The summed E-state index contributed by atoms with van der Waals surface area (Å²) >= 11 is 0. The molecule has 5 heteroatoms. The molecule has 0 saturated carbocycles. The van der Waals surface area contributed by atoms with E-state index >= 15 is 0 Å². The molecule has 4 aromatic rings. The second kappa shape index (κ2) is 9.47. The highest BCUT2D eigenvalue weighted by Crippen LogP contribution is 2.20. The Hall–Kier alpha value is -3.60. The number of benzene rings is 3. The molecular weight excluding hydrogens is 386 g/mol. The first-order valence-electron chi connectivity index (χ1n) is 10.6. The van der Waals surface area contributed by atoms with Gasteiger partial charge in [0.1, 0.15) is 11.6 Å². The van der Waals surface area contributed by atoms with E-state index in [0.29, 0.717) is 12.1 Å². The highest BCUT2D eigenvalue weighted by Gasteiger charge is 2.11. The monoisotopic (exact) mass is 413 g/mol. The van der Waals surface area contributed by atoms with Crippen LogP contribution < -0.4 is 10.1 Å². The molecule has 0 spiro atoms. The van der Waals surface area contributed by atoms with Gasteiger partial charge < -0.3 is 14.6 Å². The second-order valence-electron chi connectivity index (χ2n) is 7.68. The van der Waals surface area contributed by atoms with Crippen LogP contribution in [0.25, 0.3) is 11.0 Å². The molecule has 0 fully saturated rings. The number of imidazole rings is 1. The molecule has 5 nitrogen and oxygen atoms in total. The Bertz CT molecular complexity index is 1160. The summed E-state index contributed by atoms with van der Waals surface area (Å²) in [4.78, 5) is 17.2. The lowest BCUT2D eigenvalue weighted by atomic mass is 10.1. The Morgan fingerprint density at radius 2 is 1.74 bits per heavy atom. The molecule has 3 aromatic carbocycles. The van der Waals surface area contributed by atoms with Crippen LogP contribution in [0.1, 0.15) is 33.7 Å². The lowest BCUT2D eigenvalue weighted by Crippen LogP contribution is -2.25. The molecule has 1 aromatic heterocycles. The zero-order chi connectivity index (χ0) is 21.6. The molecule has 1 N–H and O–H groups in total. The molecular formula is C26H27N3O2. The topological polar surface area (TPSA) is 56.1 Å². The zero-order valence-corrected chi connectivity index (χ0v) is 18.0. The van der Waals surface area contributed by atoms with Crippen LogP contribution >= 0.6 is 0 Å². The molecule has 0 unspecified atom stereocenters. The third-order valence-electron chi connectivity index (χ3n) is 5.41. The number of hydrogen-bond donors (Lipinski definition) is 1. The fourth-order valence-corrected chi connectivity index (χ4v) is 3.66. The number of hydrogen-bond acceptors (Lipinski definition) is 3. The van der Waals surface area contributed by atoms with Crippen molar-refractivity contribution in [2.75, 3.05) is 13.7 Å². The molecule has 1 heterocycles. The maximum atomic E-state index is 12.3. The summed E-state index contributed by atoms with van der Waals surface area (Å²) in [6, 6.07) is 24.0. The summed E-state index contributed by atoms with van der Waals surface area (Å²) in [6.07, 6.45) is 1.61. The Kier molecular flexibility index (Phi) is 6.32. The molecule has 1 amide bonds. The van der Waals surface area contributed by atoms with E-state index in [1.807, 2.05) is 61.5 Å². The van der Waals surface area contributed by atoms with Crippen LogP contribution in [-0.4, -0.2) is 29.1 Å². The van der Waals surface area contributed by atoms with Gasteiger partial charge in [0.15, 0.2) is 0 Å².